The van der Waals surface area contributed by atoms with Crippen molar-refractivity contribution in [3.8, 4) is 0 Å². The molecule has 1 unspecified atom stereocenters. The second-order valence-corrected chi connectivity index (χ2v) is 8.76. The van der Waals surface area contributed by atoms with Gasteiger partial charge in [-0.3, -0.25) is 0 Å². The van der Waals surface area contributed by atoms with E-state index in [1.54, 1.807) is 0 Å². The van der Waals surface area contributed by atoms with Gasteiger partial charge in [0.2, 0.25) is 0 Å². The molecular weight excluding hydrogens is 378 g/mol. The van der Waals surface area contributed by atoms with E-state index in [4.69, 9.17) is 26.6 Å². The number of carbonyl (C=O) groups is 1. The third-order valence-corrected chi connectivity index (χ3v) is 7.76. The largest absolute Gasteiger partial charge is 0.679 e. The number of rotatable bonds is 16. The number of ether oxygens (including phenoxy) is 1. The molecular formula is C15H34NO8Si2. The Bertz CT molecular complexity index is 342. The molecule has 11 heteroatoms. The monoisotopic (exact) mass is 412 g/mol. The van der Waals surface area contributed by atoms with Crippen LogP contribution in [-0.4, -0.2) is 76.8 Å². The Morgan fingerprint density at radius 1 is 0.923 bits per heavy atom. The summed E-state index contributed by atoms with van der Waals surface area (Å²) in [7, 11) is -3.82. The summed E-state index contributed by atoms with van der Waals surface area (Å²) in [6.45, 7) is 11.9. The molecule has 0 saturated carbocycles. The van der Waals surface area contributed by atoms with Crippen LogP contribution < -0.4 is 5.32 Å². The highest BCUT2D eigenvalue weighted by molar-refractivity contribution is 6.55. The molecule has 1 amide bonds. The average molecular weight is 413 g/mol. The minimum Gasteiger partial charge on any atom is -0.453 e. The second kappa shape index (κ2) is 15.5. The van der Waals surface area contributed by atoms with Crippen LogP contribution >= 0.6 is 0 Å². The van der Waals surface area contributed by atoms with Crippen molar-refractivity contribution >= 4 is 24.4 Å². The summed E-state index contributed by atoms with van der Waals surface area (Å²) in [4.78, 5) is 11.3. The Morgan fingerprint density at radius 3 is 1.81 bits per heavy atom. The molecule has 0 aliphatic rings. The van der Waals surface area contributed by atoms with E-state index in [-0.39, 0.29) is 0 Å². The molecule has 0 aromatic carbocycles. The Hall–Kier alpha value is -0.536. The Morgan fingerprint density at radius 2 is 1.42 bits per heavy atom. The predicted molar refractivity (Wildman–Crippen MR) is 99.5 cm³/mol. The predicted octanol–water partition coefficient (Wildman–Crippen LogP) is 1.76. The van der Waals surface area contributed by atoms with Gasteiger partial charge in [0.1, 0.15) is 0 Å². The van der Waals surface area contributed by atoms with Crippen molar-refractivity contribution in [1.29, 1.82) is 0 Å². The van der Waals surface area contributed by atoms with E-state index in [2.05, 4.69) is 10.1 Å². The van der Waals surface area contributed by atoms with Crippen LogP contribution in [0.1, 0.15) is 41.0 Å². The summed E-state index contributed by atoms with van der Waals surface area (Å²) in [5, 5.41) is 2.64. The van der Waals surface area contributed by atoms with E-state index in [1.165, 1.54) is 7.11 Å². The molecule has 1 atom stereocenters. The van der Waals surface area contributed by atoms with Crippen LogP contribution in [0.25, 0.3) is 0 Å². The number of methoxy groups -OCH3 is 1. The van der Waals surface area contributed by atoms with Gasteiger partial charge in [-0.2, -0.15) is 0 Å². The van der Waals surface area contributed by atoms with Crippen molar-refractivity contribution in [2.45, 2.75) is 46.8 Å². The van der Waals surface area contributed by atoms with E-state index < -0.39 is 30.2 Å². The number of alkyl carbamates (subject to hydrolysis) is 1. The topological polar surface area (TPSA) is 93.7 Å². The molecule has 1 N–H and O–H groups in total. The lowest BCUT2D eigenvalue weighted by atomic mass is 10.4. The van der Waals surface area contributed by atoms with Crippen LogP contribution in [0.5, 0.6) is 0 Å². The minimum atomic E-state index is -3.34. The van der Waals surface area contributed by atoms with Gasteiger partial charge in [0.15, 0.2) is 0 Å². The number of hydrogen-bond acceptors (Lipinski definition) is 8. The van der Waals surface area contributed by atoms with Crippen LogP contribution in [-0.2, 0) is 31.3 Å². The van der Waals surface area contributed by atoms with Gasteiger partial charge in [0.05, 0.1) is 12.8 Å². The fourth-order valence-corrected chi connectivity index (χ4v) is 6.25. The highest BCUT2D eigenvalue weighted by Crippen LogP contribution is 2.19. The van der Waals surface area contributed by atoms with Gasteiger partial charge >= 0.3 is 24.4 Å². The molecule has 0 aromatic rings. The maximum absolute atomic E-state index is 11.3. The van der Waals surface area contributed by atoms with Crippen molar-refractivity contribution in [2.75, 3.05) is 46.7 Å². The van der Waals surface area contributed by atoms with Crippen LogP contribution in [0.2, 0.25) is 0 Å². The zero-order valence-corrected chi connectivity index (χ0v) is 18.8. The van der Waals surface area contributed by atoms with E-state index in [1.807, 2.05) is 34.6 Å². The average Bonchev–Trinajstić information content (AvgIpc) is 2.61. The Kier molecular flexibility index (Phi) is 15.2. The third-order valence-electron chi connectivity index (χ3n) is 2.95. The first kappa shape index (κ1) is 25.5. The van der Waals surface area contributed by atoms with Gasteiger partial charge in [-0.15, -0.1) is 0 Å². The fraction of sp³-hybridized carbons (Fsp3) is 0.933. The van der Waals surface area contributed by atoms with E-state index >= 15 is 0 Å². The summed E-state index contributed by atoms with van der Waals surface area (Å²) >= 11 is 0. The van der Waals surface area contributed by atoms with E-state index in [0.717, 1.165) is 0 Å². The molecule has 9 nitrogen and oxygen atoms in total. The molecule has 0 aliphatic carbocycles. The third kappa shape index (κ3) is 9.97. The fourth-order valence-electron chi connectivity index (χ4n) is 2.05. The first-order valence-corrected chi connectivity index (χ1v) is 12.1. The summed E-state index contributed by atoms with van der Waals surface area (Å²) in [5.74, 6) is 0. The Balaban J connectivity index is 5.29. The molecule has 0 aromatic heterocycles. The normalized spacial score (nSPS) is 13.0. The van der Waals surface area contributed by atoms with Gasteiger partial charge < -0.3 is 36.6 Å². The SMILES string of the molecule is CCO[Si](OCC)C(CCNC(=O)OC)O[Si](OCC)(OCC)OCC. The van der Waals surface area contributed by atoms with Crippen LogP contribution in [0.4, 0.5) is 4.79 Å². The number of carbonyl (C=O) groups excluding carboxylic acids is 1. The number of amides is 1. The van der Waals surface area contributed by atoms with Crippen LogP contribution in [0.3, 0.4) is 0 Å². The molecule has 0 saturated heterocycles. The highest BCUT2D eigenvalue weighted by Gasteiger charge is 2.49. The Labute approximate surface area is 159 Å². The molecule has 155 valence electrons. The van der Waals surface area contributed by atoms with Crippen molar-refractivity contribution in [3.63, 3.8) is 0 Å². The molecule has 0 aliphatic heterocycles. The highest BCUT2D eigenvalue weighted by atomic mass is 28.4. The lowest BCUT2D eigenvalue weighted by Crippen LogP contribution is -2.56. The maximum atomic E-state index is 11.3. The maximum Gasteiger partial charge on any atom is 0.679 e. The smallest absolute Gasteiger partial charge is 0.453 e. The van der Waals surface area contributed by atoms with Gasteiger partial charge in [0, 0.05) is 39.6 Å². The molecule has 26 heavy (non-hydrogen) atoms. The zero-order valence-electron chi connectivity index (χ0n) is 16.8. The second-order valence-electron chi connectivity index (χ2n) is 4.80. The summed E-state index contributed by atoms with van der Waals surface area (Å²) in [5.41, 5.74) is -0.451. The van der Waals surface area contributed by atoms with Crippen molar-refractivity contribution < 1.29 is 36.1 Å². The summed E-state index contributed by atoms with van der Waals surface area (Å²) < 4.78 is 39.6. The zero-order chi connectivity index (χ0) is 19.8. The number of hydrogen-bond donors (Lipinski definition) is 1. The number of nitrogens with one attached hydrogen (secondary N) is 1. The summed E-state index contributed by atoms with van der Waals surface area (Å²) in [6.07, 6.45) is -0.0565. The van der Waals surface area contributed by atoms with Crippen LogP contribution in [0, 0.1) is 0 Å². The molecule has 0 heterocycles. The molecule has 0 spiro atoms. The minimum absolute atomic E-state index is 0.334. The molecule has 1 radical (unpaired) electrons. The van der Waals surface area contributed by atoms with Crippen molar-refractivity contribution in [2.24, 2.45) is 0 Å². The first-order chi connectivity index (χ1) is 12.5. The standard InChI is InChI=1S/C15H34NO8Si2/c1-7-19-25(20-8-2)14(12-13-16-15(17)18-6)24-26(21-9-3,22-10-4)23-11-5/h14H,7-13H2,1-6H3,(H,16,17). The van der Waals surface area contributed by atoms with Gasteiger partial charge in [-0.25, -0.2) is 4.79 Å². The van der Waals surface area contributed by atoms with Crippen molar-refractivity contribution in [3.05, 3.63) is 0 Å². The molecule has 0 fully saturated rings. The quantitative estimate of drug-likeness (QED) is 0.383. The van der Waals surface area contributed by atoms with Gasteiger partial charge in [-0.1, -0.05) is 0 Å². The van der Waals surface area contributed by atoms with Crippen molar-refractivity contribution in [1.82, 2.24) is 5.32 Å². The lowest BCUT2D eigenvalue weighted by molar-refractivity contribution is -0.0442. The summed E-state index contributed by atoms with van der Waals surface area (Å²) in [6, 6.07) is 0. The molecule has 0 rings (SSSR count). The van der Waals surface area contributed by atoms with Crippen LogP contribution in [0.15, 0.2) is 0 Å². The van der Waals surface area contributed by atoms with Gasteiger partial charge in [-0.05, 0) is 41.0 Å². The first-order valence-electron chi connectivity index (χ1n) is 9.06. The van der Waals surface area contributed by atoms with Gasteiger partial charge in [0.25, 0.3) is 0 Å². The van der Waals surface area contributed by atoms with E-state index in [9.17, 15) is 4.79 Å². The van der Waals surface area contributed by atoms with E-state index in [0.29, 0.717) is 46.0 Å². The lowest BCUT2D eigenvalue weighted by Gasteiger charge is -2.32. The molecule has 0 bridgehead atoms.